The average Bonchev–Trinajstić information content (AvgIpc) is 3.50. The van der Waals surface area contributed by atoms with E-state index in [1.54, 1.807) is 0 Å². The number of fused-ring (bicyclic) bond motifs is 5. The van der Waals surface area contributed by atoms with Crippen molar-refractivity contribution < 1.29 is 4.42 Å². The molecule has 1 nitrogen and oxygen atoms in total. The second-order valence-electron chi connectivity index (χ2n) is 12.0. The van der Waals surface area contributed by atoms with Gasteiger partial charge in [-0.3, -0.25) is 0 Å². The van der Waals surface area contributed by atoms with Crippen molar-refractivity contribution in [3.63, 3.8) is 0 Å². The van der Waals surface area contributed by atoms with Gasteiger partial charge in [-0.05, 0) is 68.3 Å². The number of hydrogen-bond donors (Lipinski definition) is 0. The van der Waals surface area contributed by atoms with Gasteiger partial charge in [-0.15, -0.1) is 0 Å². The minimum atomic E-state index is 0.158. The minimum Gasteiger partial charge on any atom is -0.455 e. The highest BCUT2D eigenvalue weighted by Gasteiger charge is 2.36. The van der Waals surface area contributed by atoms with Crippen LogP contribution >= 0.6 is 0 Å². The van der Waals surface area contributed by atoms with E-state index < -0.39 is 0 Å². The van der Waals surface area contributed by atoms with Gasteiger partial charge >= 0.3 is 0 Å². The summed E-state index contributed by atoms with van der Waals surface area (Å²) in [5, 5.41) is 2.33. The summed E-state index contributed by atoms with van der Waals surface area (Å²) in [6.07, 6.45) is 9.14. The van der Waals surface area contributed by atoms with Crippen molar-refractivity contribution in [2.24, 2.45) is 5.92 Å². The topological polar surface area (TPSA) is 13.1 Å². The fourth-order valence-corrected chi connectivity index (χ4v) is 7.47. The van der Waals surface area contributed by atoms with E-state index in [4.69, 9.17) is 4.42 Å². The summed E-state index contributed by atoms with van der Waals surface area (Å²) in [6, 6.07) is 52.6. The largest absolute Gasteiger partial charge is 0.455 e. The summed E-state index contributed by atoms with van der Waals surface area (Å²) in [5.41, 5.74) is 14.6. The van der Waals surface area contributed by atoms with E-state index in [0.29, 0.717) is 0 Å². The Kier molecular flexibility index (Phi) is 6.02. The maximum absolute atomic E-state index is 6.54. The smallest absolute Gasteiger partial charge is 0.143 e. The molecule has 9 rings (SSSR count). The predicted molar refractivity (Wildman–Crippen MR) is 187 cm³/mol. The zero-order chi connectivity index (χ0) is 29.7. The number of allylic oxidation sites excluding steroid dienone is 5. The SMILES string of the molecule is C1=CC2=C(c3ccc(-c4ccccc4)cc3)c3ccccc3C(c3cc(-c4ccccc4)c4oc5ccccc5c4c3)C2C=C1. The van der Waals surface area contributed by atoms with Crippen LogP contribution in [0, 0.1) is 5.92 Å². The third kappa shape index (κ3) is 4.24. The molecular weight excluding hydrogens is 544 g/mol. The third-order valence-corrected chi connectivity index (χ3v) is 9.50. The lowest BCUT2D eigenvalue weighted by atomic mass is 9.66. The zero-order valence-corrected chi connectivity index (χ0v) is 24.7. The lowest BCUT2D eigenvalue weighted by Gasteiger charge is -2.37. The summed E-state index contributed by atoms with van der Waals surface area (Å²) < 4.78 is 6.54. The van der Waals surface area contributed by atoms with Crippen molar-refractivity contribution in [3.05, 3.63) is 198 Å². The molecule has 1 heteroatoms. The van der Waals surface area contributed by atoms with Crippen LogP contribution in [0.15, 0.2) is 180 Å². The molecule has 2 aliphatic carbocycles. The predicted octanol–water partition coefficient (Wildman–Crippen LogP) is 11.6. The van der Waals surface area contributed by atoms with E-state index in [9.17, 15) is 0 Å². The quantitative estimate of drug-likeness (QED) is 0.204. The summed E-state index contributed by atoms with van der Waals surface area (Å²) in [7, 11) is 0. The van der Waals surface area contributed by atoms with Gasteiger partial charge in [-0.25, -0.2) is 0 Å². The van der Waals surface area contributed by atoms with Crippen molar-refractivity contribution in [1.29, 1.82) is 0 Å². The van der Waals surface area contributed by atoms with Crippen LogP contribution in [0.3, 0.4) is 0 Å². The molecule has 2 aliphatic rings. The van der Waals surface area contributed by atoms with E-state index >= 15 is 0 Å². The Hall–Kier alpha value is -5.66. The average molecular weight is 575 g/mol. The molecule has 7 aromatic rings. The van der Waals surface area contributed by atoms with Crippen LogP contribution in [0.2, 0.25) is 0 Å². The molecule has 2 atom stereocenters. The minimum absolute atomic E-state index is 0.158. The van der Waals surface area contributed by atoms with Gasteiger partial charge in [0.05, 0.1) is 0 Å². The molecule has 45 heavy (non-hydrogen) atoms. The van der Waals surface area contributed by atoms with Crippen LogP contribution in [0.25, 0.3) is 49.8 Å². The molecule has 1 aromatic heterocycles. The molecule has 212 valence electrons. The molecule has 2 unspecified atom stereocenters. The van der Waals surface area contributed by atoms with E-state index in [1.807, 2.05) is 0 Å². The monoisotopic (exact) mass is 574 g/mol. The Labute approximate surface area is 263 Å². The third-order valence-electron chi connectivity index (χ3n) is 9.50. The number of para-hydroxylation sites is 1. The van der Waals surface area contributed by atoms with Crippen LogP contribution in [0.4, 0.5) is 0 Å². The Balaban J connectivity index is 1.26. The molecule has 0 radical (unpaired) electrons. The van der Waals surface area contributed by atoms with E-state index in [2.05, 4.69) is 170 Å². The van der Waals surface area contributed by atoms with Crippen LogP contribution in [-0.2, 0) is 0 Å². The first-order valence-electron chi connectivity index (χ1n) is 15.7. The molecule has 0 N–H and O–H groups in total. The fraction of sp³-hybridized carbons (Fsp3) is 0.0455. The molecule has 0 aliphatic heterocycles. The molecule has 0 fully saturated rings. The lowest BCUT2D eigenvalue weighted by Crippen LogP contribution is -2.23. The molecule has 0 amide bonds. The molecule has 0 saturated carbocycles. The Bertz CT molecular complexity index is 2300. The van der Waals surface area contributed by atoms with Crippen molar-refractivity contribution in [3.8, 4) is 22.3 Å². The molecule has 6 aromatic carbocycles. The van der Waals surface area contributed by atoms with Gasteiger partial charge in [0, 0.05) is 28.2 Å². The van der Waals surface area contributed by atoms with Crippen molar-refractivity contribution in [1.82, 2.24) is 0 Å². The van der Waals surface area contributed by atoms with Gasteiger partial charge in [-0.2, -0.15) is 0 Å². The van der Waals surface area contributed by atoms with Crippen LogP contribution < -0.4 is 0 Å². The highest BCUT2D eigenvalue weighted by Crippen LogP contribution is 2.51. The van der Waals surface area contributed by atoms with Gasteiger partial charge in [0.15, 0.2) is 0 Å². The van der Waals surface area contributed by atoms with E-state index in [1.165, 1.54) is 55.5 Å². The van der Waals surface area contributed by atoms with Gasteiger partial charge in [0.1, 0.15) is 11.2 Å². The van der Waals surface area contributed by atoms with E-state index in [0.717, 1.165) is 22.1 Å². The normalized spacial score (nSPS) is 17.1. The molecule has 0 spiro atoms. The molecular formula is C44H30O. The number of rotatable bonds is 4. The van der Waals surface area contributed by atoms with Crippen LogP contribution in [-0.4, -0.2) is 0 Å². The zero-order valence-electron chi connectivity index (χ0n) is 24.7. The molecule has 1 heterocycles. The van der Waals surface area contributed by atoms with Gasteiger partial charge < -0.3 is 4.42 Å². The number of benzene rings is 6. The van der Waals surface area contributed by atoms with Crippen LogP contribution in [0.1, 0.15) is 28.2 Å². The van der Waals surface area contributed by atoms with Crippen molar-refractivity contribution in [2.45, 2.75) is 5.92 Å². The standard InChI is InChI=1S/C44H30O/c1-3-13-29(14-4-1)30-23-25-32(26-24-30)42-35-18-7-9-20-37(35)43(38-21-10-8-19-36(38)42)33-27-39(31-15-5-2-6-16-31)44-40(28-33)34-17-11-12-22-41(34)45-44/h1-28,37,43H. The van der Waals surface area contributed by atoms with Gasteiger partial charge in [0.2, 0.25) is 0 Å². The molecule has 0 saturated heterocycles. The summed E-state index contributed by atoms with van der Waals surface area (Å²) >= 11 is 0. The first-order chi connectivity index (χ1) is 22.3. The van der Waals surface area contributed by atoms with Crippen molar-refractivity contribution >= 4 is 27.5 Å². The van der Waals surface area contributed by atoms with Crippen LogP contribution in [0.5, 0.6) is 0 Å². The summed E-state index contributed by atoms with van der Waals surface area (Å²) in [4.78, 5) is 0. The van der Waals surface area contributed by atoms with Crippen molar-refractivity contribution in [2.75, 3.05) is 0 Å². The van der Waals surface area contributed by atoms with E-state index in [-0.39, 0.29) is 11.8 Å². The second kappa shape index (κ2) is 10.5. The Morgan fingerprint density at radius 3 is 1.98 bits per heavy atom. The maximum atomic E-state index is 6.54. The number of furan rings is 1. The lowest BCUT2D eigenvalue weighted by molar-refractivity contribution is 0.647. The maximum Gasteiger partial charge on any atom is 0.143 e. The Morgan fingerprint density at radius 2 is 1.16 bits per heavy atom. The highest BCUT2D eigenvalue weighted by molar-refractivity contribution is 6.10. The number of hydrogen-bond acceptors (Lipinski definition) is 1. The fourth-order valence-electron chi connectivity index (χ4n) is 7.47. The summed E-state index contributed by atoms with van der Waals surface area (Å²) in [5.74, 6) is 0.359. The Morgan fingerprint density at radius 1 is 0.489 bits per heavy atom. The van der Waals surface area contributed by atoms with Gasteiger partial charge in [0.25, 0.3) is 0 Å². The first-order valence-corrected chi connectivity index (χ1v) is 15.7. The summed E-state index contributed by atoms with van der Waals surface area (Å²) in [6.45, 7) is 0. The first kappa shape index (κ1) is 25.8. The highest BCUT2D eigenvalue weighted by atomic mass is 16.3. The van der Waals surface area contributed by atoms with Gasteiger partial charge in [-0.1, -0.05) is 152 Å². The second-order valence-corrected chi connectivity index (χ2v) is 12.0. The molecule has 0 bridgehead atoms.